The maximum absolute atomic E-state index is 8.56. The molecule has 0 aliphatic heterocycles. The first kappa shape index (κ1) is 22.9. The third kappa shape index (κ3) is 21900. The fourth-order valence-electron chi connectivity index (χ4n) is 0. The van der Waals surface area contributed by atoms with Crippen LogP contribution in [0, 0.1) is 0 Å². The van der Waals surface area contributed by atoms with Gasteiger partial charge in [-0.05, 0) is 0 Å². The van der Waals surface area contributed by atoms with Crippen LogP contribution in [0.15, 0.2) is 0 Å². The van der Waals surface area contributed by atoms with E-state index in [4.69, 9.17) is 26.5 Å². The van der Waals surface area contributed by atoms with Gasteiger partial charge in [-0.2, -0.15) is 0 Å². The molecule has 0 amide bonds. The maximum Gasteiger partial charge on any atom is 0.503 e. The molecule has 0 aromatic heterocycles. The van der Waals surface area contributed by atoms with E-state index in [1.807, 2.05) is 0 Å². The molecule has 0 spiro atoms. The van der Waals surface area contributed by atoms with Gasteiger partial charge in [-0.25, -0.2) is 4.79 Å². The van der Waals surface area contributed by atoms with Crippen molar-refractivity contribution in [3.63, 3.8) is 0 Å². The number of nitrogens with two attached hydrogens (primary N) is 2. The Balaban J connectivity index is -0.0000000300. The summed E-state index contributed by atoms with van der Waals surface area (Å²) < 4.78 is 0. The zero-order chi connectivity index (χ0) is 6.99. The quantitative estimate of drug-likeness (QED) is 0.294. The third-order valence-corrected chi connectivity index (χ3v) is 0.167. The van der Waals surface area contributed by atoms with Crippen LogP contribution < -0.4 is 23.8 Å². The first-order chi connectivity index (χ1) is 3.65. The predicted octanol–water partition coefficient (Wildman–Crippen LogP) is -0.550. The molecule has 0 saturated heterocycles. The van der Waals surface area contributed by atoms with Crippen LogP contribution in [-0.4, -0.2) is 29.5 Å². The van der Waals surface area contributed by atoms with Crippen molar-refractivity contribution >= 4 is 6.16 Å². The van der Waals surface area contributed by atoms with Gasteiger partial charge in [0.15, 0.2) is 0 Å². The Morgan fingerprint density at radius 2 is 1.20 bits per heavy atom. The summed E-state index contributed by atoms with van der Waals surface area (Å²) in [5.74, 6) is 0. The molecule has 0 rings (SSSR count). The van der Waals surface area contributed by atoms with E-state index in [-0.39, 0.29) is 12.3 Å². The summed E-state index contributed by atoms with van der Waals surface area (Å²) in [6.07, 6.45) is -1.83. The zero-order valence-electron chi connectivity index (χ0n) is 5.79. The van der Waals surface area contributed by atoms with Gasteiger partial charge in [0.1, 0.15) is 0 Å². The topological polar surface area (TPSA) is 180 Å². The highest BCUT2D eigenvalue weighted by molar-refractivity contribution is 5.53. The molecule has 0 radical (unpaired) electrons. The average Bonchev–Trinajstić information content (AvgIpc) is 1.65. The Hall–Kier alpha value is -0.890. The molecule has 0 aromatic carbocycles. The lowest BCUT2D eigenvalue weighted by atomic mass is 10.7. The molecule has 0 unspecified atom stereocenters. The van der Waals surface area contributed by atoms with Crippen LogP contribution in [0.3, 0.4) is 0 Å². The molecule has 0 bridgehead atoms. The van der Waals surface area contributed by atoms with E-state index in [0.29, 0.717) is 13.1 Å². The maximum atomic E-state index is 8.56. The molecule has 0 fully saturated rings. The van der Waals surface area contributed by atoms with E-state index >= 15 is 0 Å². The summed E-state index contributed by atoms with van der Waals surface area (Å²) in [5, 5.41) is 13.9. The van der Waals surface area contributed by atoms with Crippen molar-refractivity contribution in [3.05, 3.63) is 0 Å². The summed E-state index contributed by atoms with van der Waals surface area (Å²) in [7, 11) is 0. The largest absolute Gasteiger partial charge is 0.503 e. The molecule has 0 aliphatic rings. The number of carboxylic acid groups (broad SMARTS) is 2. The van der Waals surface area contributed by atoms with Gasteiger partial charge in [-0.1, -0.05) is 0 Å². The zero-order valence-corrected chi connectivity index (χ0v) is 5.79. The van der Waals surface area contributed by atoms with Crippen LogP contribution in [-0.2, 0) is 0 Å². The van der Waals surface area contributed by atoms with Crippen LogP contribution in [0.4, 0.5) is 4.79 Å². The number of carbonyl (C=O) groups is 1. The van der Waals surface area contributed by atoms with Crippen molar-refractivity contribution in [2.24, 2.45) is 11.5 Å². The normalized spacial score (nSPS) is 5.40. The minimum atomic E-state index is -1.83. The van der Waals surface area contributed by atoms with Crippen molar-refractivity contribution in [1.29, 1.82) is 0 Å². The Kier molecular flexibility index (Phi) is 55.7. The molecule has 12 N–H and O–H groups in total. The Bertz CT molecular complexity index is 53.7. The summed E-state index contributed by atoms with van der Waals surface area (Å²) in [5.41, 5.74) is 9.81. The minimum absolute atomic E-state index is 0. The molecule has 0 aromatic rings. The van der Waals surface area contributed by atoms with Gasteiger partial charge in [0, 0.05) is 13.1 Å². The molecule has 66 valence electrons. The van der Waals surface area contributed by atoms with Crippen molar-refractivity contribution in [2.75, 3.05) is 13.1 Å². The van der Waals surface area contributed by atoms with E-state index in [9.17, 15) is 0 Å². The van der Waals surface area contributed by atoms with E-state index < -0.39 is 6.16 Å². The Morgan fingerprint density at radius 3 is 1.20 bits per heavy atom. The lowest BCUT2D eigenvalue weighted by molar-refractivity contribution is 0.137. The van der Waals surface area contributed by atoms with Crippen LogP contribution >= 0.6 is 0 Å². The highest BCUT2D eigenvalue weighted by atomic mass is 16.6. The highest BCUT2D eigenvalue weighted by Gasteiger charge is 1.70. The van der Waals surface area contributed by atoms with Gasteiger partial charge in [0.25, 0.3) is 0 Å². The van der Waals surface area contributed by atoms with Crippen molar-refractivity contribution in [1.82, 2.24) is 12.3 Å². The second kappa shape index (κ2) is 24.3. The van der Waals surface area contributed by atoms with E-state index in [0.717, 1.165) is 0 Å². The summed E-state index contributed by atoms with van der Waals surface area (Å²) in [6.45, 7) is 1.19. The predicted molar refractivity (Wildman–Crippen MR) is 38.8 cm³/mol. The van der Waals surface area contributed by atoms with E-state index in [2.05, 4.69) is 0 Å². The second-order valence-electron chi connectivity index (χ2n) is 0.860. The van der Waals surface area contributed by atoms with E-state index in [1.54, 1.807) is 0 Å². The summed E-state index contributed by atoms with van der Waals surface area (Å²) >= 11 is 0. The number of hydrogen-bond acceptors (Lipinski definition) is 5. The van der Waals surface area contributed by atoms with Gasteiger partial charge in [0.2, 0.25) is 0 Å². The number of rotatable bonds is 1. The van der Waals surface area contributed by atoms with Crippen LogP contribution in [0.2, 0.25) is 0 Å². The van der Waals surface area contributed by atoms with Crippen molar-refractivity contribution in [2.45, 2.75) is 0 Å². The Morgan fingerprint density at radius 1 is 1.10 bits per heavy atom. The lowest BCUT2D eigenvalue weighted by Gasteiger charge is -1.72. The molecule has 0 atom stereocenters. The molecule has 7 heteroatoms. The fraction of sp³-hybridized carbons (Fsp3) is 0.667. The molecule has 0 saturated carbocycles. The molecular weight excluding hydrogens is 140 g/mol. The first-order valence-electron chi connectivity index (χ1n) is 1.97. The molecule has 0 aliphatic carbocycles. The van der Waals surface area contributed by atoms with Gasteiger partial charge >= 0.3 is 6.16 Å². The Labute approximate surface area is 59.2 Å². The van der Waals surface area contributed by atoms with Crippen LogP contribution in [0.5, 0.6) is 0 Å². The van der Waals surface area contributed by atoms with Crippen LogP contribution in [0.25, 0.3) is 0 Å². The smallest absolute Gasteiger partial charge is 0.450 e. The van der Waals surface area contributed by atoms with E-state index in [1.165, 1.54) is 0 Å². The lowest BCUT2D eigenvalue weighted by Crippen LogP contribution is -2.11. The third-order valence-electron chi connectivity index (χ3n) is 0.167. The SMILES string of the molecule is N.N.NCCN.O=C(O)O. The van der Waals surface area contributed by atoms with Gasteiger partial charge in [-0.3, -0.25) is 0 Å². The molecule has 10 heavy (non-hydrogen) atoms. The summed E-state index contributed by atoms with van der Waals surface area (Å²) in [6, 6.07) is 0. The number of hydrogen-bond donors (Lipinski definition) is 6. The van der Waals surface area contributed by atoms with Crippen molar-refractivity contribution < 1.29 is 15.0 Å². The molecule has 7 nitrogen and oxygen atoms in total. The molecular formula is C3H16N4O3. The van der Waals surface area contributed by atoms with Gasteiger partial charge in [-0.15, -0.1) is 0 Å². The first-order valence-corrected chi connectivity index (χ1v) is 1.97. The van der Waals surface area contributed by atoms with Crippen molar-refractivity contribution in [3.8, 4) is 0 Å². The highest BCUT2D eigenvalue weighted by Crippen LogP contribution is 1.42. The van der Waals surface area contributed by atoms with Gasteiger partial charge in [0.05, 0.1) is 0 Å². The average molecular weight is 156 g/mol. The second-order valence-corrected chi connectivity index (χ2v) is 0.860. The molecule has 0 heterocycles. The monoisotopic (exact) mass is 156 g/mol. The van der Waals surface area contributed by atoms with Gasteiger partial charge < -0.3 is 34.0 Å². The fourth-order valence-corrected chi connectivity index (χ4v) is 0. The van der Waals surface area contributed by atoms with Crippen LogP contribution in [0.1, 0.15) is 0 Å². The standard InChI is InChI=1S/C2H8N2.CH2O3.2H3N/c3-1-2-4;2-1(3)4;;/h1-4H2;(H2,2,3,4);2*1H3. The minimum Gasteiger partial charge on any atom is -0.450 e. The summed E-state index contributed by atoms with van der Waals surface area (Å²) in [4.78, 5) is 8.56.